The van der Waals surface area contributed by atoms with Gasteiger partial charge in [-0.15, -0.1) is 0 Å². The maximum Gasteiger partial charge on any atom is 0.311 e. The van der Waals surface area contributed by atoms with E-state index in [-0.39, 0.29) is 29.4 Å². The van der Waals surface area contributed by atoms with Crippen molar-refractivity contribution in [2.75, 3.05) is 32.8 Å². The van der Waals surface area contributed by atoms with Crippen LogP contribution in [-0.2, 0) is 16.8 Å². The lowest BCUT2D eigenvalue weighted by atomic mass is 9.87. The van der Waals surface area contributed by atoms with Crippen molar-refractivity contribution in [2.45, 2.75) is 32.7 Å². The van der Waals surface area contributed by atoms with Crippen LogP contribution in [0.4, 0.5) is 5.69 Å². The number of amides is 1. The average Bonchev–Trinajstić information content (AvgIpc) is 2.73. The van der Waals surface area contributed by atoms with Crippen LogP contribution in [0, 0.1) is 10.1 Å². The normalized spacial score (nSPS) is 15.0. The Morgan fingerprint density at radius 3 is 2.32 bits per heavy atom. The molecule has 0 bridgehead atoms. The fourth-order valence-corrected chi connectivity index (χ4v) is 3.61. The number of rotatable bonds is 6. The van der Waals surface area contributed by atoms with Gasteiger partial charge in [-0.05, 0) is 34.7 Å². The van der Waals surface area contributed by atoms with Crippen molar-refractivity contribution in [3.63, 3.8) is 0 Å². The van der Waals surface area contributed by atoms with E-state index < -0.39 is 4.92 Å². The predicted molar refractivity (Wildman–Crippen MR) is 121 cm³/mol. The van der Waals surface area contributed by atoms with Gasteiger partial charge < -0.3 is 9.64 Å². The Morgan fingerprint density at radius 1 is 1.10 bits per heavy atom. The van der Waals surface area contributed by atoms with Gasteiger partial charge in [0.2, 0.25) is 0 Å². The molecule has 1 aliphatic heterocycles. The molecule has 1 heterocycles. The van der Waals surface area contributed by atoms with E-state index in [9.17, 15) is 14.9 Å². The minimum absolute atomic E-state index is 0.118. The van der Waals surface area contributed by atoms with Gasteiger partial charge in [0, 0.05) is 43.8 Å². The molecule has 3 rings (SSSR count). The molecule has 0 atom stereocenters. The van der Waals surface area contributed by atoms with Crippen LogP contribution >= 0.6 is 11.6 Å². The first-order valence-corrected chi connectivity index (χ1v) is 10.7. The van der Waals surface area contributed by atoms with Gasteiger partial charge in [-0.3, -0.25) is 19.8 Å². The minimum Gasteiger partial charge on any atom is -0.477 e. The molecule has 0 N–H and O–H groups in total. The zero-order chi connectivity index (χ0) is 22.6. The summed E-state index contributed by atoms with van der Waals surface area (Å²) in [5.41, 5.74) is 1.69. The summed E-state index contributed by atoms with van der Waals surface area (Å²) >= 11 is 5.93. The monoisotopic (exact) mass is 445 g/mol. The highest BCUT2D eigenvalue weighted by Crippen LogP contribution is 2.33. The Balaban J connectivity index is 1.53. The average molecular weight is 446 g/mol. The van der Waals surface area contributed by atoms with Gasteiger partial charge in [0.05, 0.1) is 4.92 Å². The lowest BCUT2D eigenvalue weighted by molar-refractivity contribution is -0.385. The molecule has 166 valence electrons. The Hall–Kier alpha value is -2.64. The maximum absolute atomic E-state index is 12.6. The topological polar surface area (TPSA) is 75.9 Å². The summed E-state index contributed by atoms with van der Waals surface area (Å²) in [6, 6.07) is 12.7. The van der Waals surface area contributed by atoms with Gasteiger partial charge in [0.25, 0.3) is 5.91 Å². The lowest BCUT2D eigenvalue weighted by Gasteiger charge is -2.34. The highest BCUT2D eigenvalue weighted by molar-refractivity contribution is 6.30. The van der Waals surface area contributed by atoms with Crippen molar-refractivity contribution in [2.24, 2.45) is 0 Å². The standard InChI is InChI=1S/C23H28ClN3O4/c1-23(2,3)18-6-9-21(20(14-18)27(29)30)31-16-22(28)26-12-10-25(11-13-26)15-17-4-7-19(24)8-5-17/h4-9,14H,10-13,15-16H2,1-3H3. The number of benzene rings is 2. The van der Waals surface area contributed by atoms with Gasteiger partial charge in [-0.2, -0.15) is 0 Å². The van der Waals surface area contributed by atoms with E-state index in [1.807, 2.05) is 51.1 Å². The molecule has 8 heteroatoms. The van der Waals surface area contributed by atoms with Crippen LogP contribution < -0.4 is 4.74 Å². The highest BCUT2D eigenvalue weighted by Gasteiger charge is 2.25. The number of carbonyl (C=O) groups is 1. The molecule has 2 aromatic rings. The second-order valence-corrected chi connectivity index (χ2v) is 9.20. The van der Waals surface area contributed by atoms with Crippen molar-refractivity contribution in [3.8, 4) is 5.75 Å². The third kappa shape index (κ3) is 6.18. The Morgan fingerprint density at radius 2 is 1.74 bits per heavy atom. The van der Waals surface area contributed by atoms with Gasteiger partial charge in [0.15, 0.2) is 12.4 Å². The SMILES string of the molecule is CC(C)(C)c1ccc(OCC(=O)N2CCN(Cc3ccc(Cl)cc3)CC2)c([N+](=O)[O-])c1. The zero-order valence-electron chi connectivity index (χ0n) is 18.1. The Labute approximate surface area is 187 Å². The molecule has 0 radical (unpaired) electrons. The summed E-state index contributed by atoms with van der Waals surface area (Å²) in [5.74, 6) is -0.0481. The summed E-state index contributed by atoms with van der Waals surface area (Å²) in [5, 5.41) is 12.2. The molecule has 31 heavy (non-hydrogen) atoms. The summed E-state index contributed by atoms with van der Waals surface area (Å²) in [6.45, 7) is 9.27. The van der Waals surface area contributed by atoms with Gasteiger partial charge in [0.1, 0.15) is 0 Å². The minimum atomic E-state index is -0.468. The smallest absolute Gasteiger partial charge is 0.311 e. The maximum atomic E-state index is 12.6. The number of ether oxygens (including phenoxy) is 1. The first-order chi connectivity index (χ1) is 14.6. The fourth-order valence-electron chi connectivity index (χ4n) is 3.48. The van der Waals surface area contributed by atoms with Gasteiger partial charge >= 0.3 is 5.69 Å². The molecule has 0 spiro atoms. The zero-order valence-corrected chi connectivity index (χ0v) is 18.9. The largest absolute Gasteiger partial charge is 0.477 e. The Bertz CT molecular complexity index is 933. The second kappa shape index (κ2) is 9.66. The van der Waals surface area contributed by atoms with Gasteiger partial charge in [-0.1, -0.05) is 50.6 Å². The van der Waals surface area contributed by atoms with Gasteiger partial charge in [-0.25, -0.2) is 0 Å². The molecule has 0 aliphatic carbocycles. The van der Waals surface area contributed by atoms with Crippen LogP contribution in [0.3, 0.4) is 0 Å². The number of piperazine rings is 1. The first-order valence-electron chi connectivity index (χ1n) is 10.3. The van der Waals surface area contributed by atoms with Crippen molar-refractivity contribution < 1.29 is 14.5 Å². The first kappa shape index (κ1) is 23.0. The molecule has 7 nitrogen and oxygen atoms in total. The van der Waals surface area contributed by atoms with Crippen LogP contribution in [0.1, 0.15) is 31.9 Å². The molecule has 0 aromatic heterocycles. The van der Waals surface area contributed by atoms with Crippen LogP contribution in [-0.4, -0.2) is 53.4 Å². The van der Waals surface area contributed by atoms with E-state index >= 15 is 0 Å². The number of nitrogens with zero attached hydrogens (tertiary/aromatic N) is 3. The highest BCUT2D eigenvalue weighted by atomic mass is 35.5. The summed E-state index contributed by atoms with van der Waals surface area (Å²) in [4.78, 5) is 27.6. The lowest BCUT2D eigenvalue weighted by Crippen LogP contribution is -2.49. The molecule has 1 fully saturated rings. The van der Waals surface area contributed by atoms with Crippen molar-refractivity contribution in [3.05, 3.63) is 68.7 Å². The third-order valence-corrected chi connectivity index (χ3v) is 5.67. The molecule has 1 saturated heterocycles. The van der Waals surface area contributed by atoms with Crippen LogP contribution in [0.2, 0.25) is 5.02 Å². The van der Waals surface area contributed by atoms with E-state index in [4.69, 9.17) is 16.3 Å². The molecular formula is C23H28ClN3O4. The summed E-state index contributed by atoms with van der Waals surface area (Å²) in [7, 11) is 0. The second-order valence-electron chi connectivity index (χ2n) is 8.76. The van der Waals surface area contributed by atoms with E-state index in [1.54, 1.807) is 11.0 Å². The quantitative estimate of drug-likeness (QED) is 0.490. The molecule has 0 unspecified atom stereocenters. The van der Waals surface area contributed by atoms with Crippen LogP contribution in [0.25, 0.3) is 0 Å². The number of carbonyl (C=O) groups excluding carboxylic acids is 1. The summed E-state index contributed by atoms with van der Waals surface area (Å²) < 4.78 is 5.56. The van der Waals surface area contributed by atoms with Crippen molar-refractivity contribution in [1.29, 1.82) is 0 Å². The fraction of sp³-hybridized carbons (Fsp3) is 0.435. The molecule has 1 amide bonds. The Kier molecular flexibility index (Phi) is 7.18. The van der Waals surface area contributed by atoms with Crippen LogP contribution in [0.15, 0.2) is 42.5 Å². The van der Waals surface area contributed by atoms with E-state index in [0.29, 0.717) is 18.1 Å². The molecular weight excluding hydrogens is 418 g/mol. The molecule has 2 aromatic carbocycles. The van der Waals surface area contributed by atoms with Crippen molar-refractivity contribution >= 4 is 23.2 Å². The van der Waals surface area contributed by atoms with E-state index in [1.165, 1.54) is 11.6 Å². The number of hydrogen-bond acceptors (Lipinski definition) is 5. The number of hydrogen-bond donors (Lipinski definition) is 0. The number of nitro groups is 1. The van der Waals surface area contributed by atoms with E-state index in [2.05, 4.69) is 4.90 Å². The number of nitro benzene ring substituents is 1. The van der Waals surface area contributed by atoms with Crippen LogP contribution in [0.5, 0.6) is 5.75 Å². The summed E-state index contributed by atoms with van der Waals surface area (Å²) in [6.07, 6.45) is 0. The van der Waals surface area contributed by atoms with Crippen molar-refractivity contribution in [1.82, 2.24) is 9.80 Å². The van der Waals surface area contributed by atoms with E-state index in [0.717, 1.165) is 25.2 Å². The molecule has 1 aliphatic rings. The predicted octanol–water partition coefficient (Wildman–Crippen LogP) is 4.27. The molecule has 0 saturated carbocycles. The number of halogens is 1. The third-order valence-electron chi connectivity index (χ3n) is 5.42.